The van der Waals surface area contributed by atoms with E-state index < -0.39 is 35.7 Å². The second-order valence-electron chi connectivity index (χ2n) is 3.49. The fourth-order valence-electron chi connectivity index (χ4n) is 1.94. The Hall–Kier alpha value is -1.10. The molecule has 13 heavy (non-hydrogen) atoms. The lowest BCUT2D eigenvalue weighted by molar-refractivity contribution is -0.162. The topological polar surface area (TPSA) is 72.8 Å². The van der Waals surface area contributed by atoms with Crippen LogP contribution in [-0.2, 0) is 19.1 Å². The van der Waals surface area contributed by atoms with Crippen molar-refractivity contribution in [2.24, 2.45) is 5.92 Å². The van der Waals surface area contributed by atoms with Gasteiger partial charge in [0, 0.05) is 0 Å². The van der Waals surface area contributed by atoms with Crippen molar-refractivity contribution >= 4 is 11.9 Å². The van der Waals surface area contributed by atoms with Crippen LogP contribution in [0.4, 0.5) is 0 Å². The molecule has 1 N–H and O–H groups in total. The standard InChI is InChI=1S/C8H10O5/c1-3-5-6(9)13-4(2)8(5,11)7(10)12-3/h3-5,11H,1-2H3. The summed E-state index contributed by atoms with van der Waals surface area (Å²) in [7, 11) is 0. The summed E-state index contributed by atoms with van der Waals surface area (Å²) in [5.41, 5.74) is -1.77. The molecule has 2 rings (SSSR count). The van der Waals surface area contributed by atoms with Crippen molar-refractivity contribution in [2.45, 2.75) is 31.7 Å². The molecule has 0 radical (unpaired) electrons. The zero-order valence-corrected chi connectivity index (χ0v) is 7.31. The lowest BCUT2D eigenvalue weighted by Gasteiger charge is -2.17. The van der Waals surface area contributed by atoms with Gasteiger partial charge in [0.2, 0.25) is 5.60 Å². The molecule has 0 saturated carbocycles. The molecule has 5 heteroatoms. The number of hydrogen-bond acceptors (Lipinski definition) is 5. The van der Waals surface area contributed by atoms with Crippen molar-refractivity contribution in [3.63, 3.8) is 0 Å². The fourth-order valence-corrected chi connectivity index (χ4v) is 1.94. The molecule has 0 aliphatic carbocycles. The van der Waals surface area contributed by atoms with Crippen LogP contribution in [0.1, 0.15) is 13.8 Å². The maximum atomic E-state index is 11.2. The molecule has 0 aromatic carbocycles. The molecule has 2 heterocycles. The van der Waals surface area contributed by atoms with Gasteiger partial charge in [-0.25, -0.2) is 4.79 Å². The molecule has 72 valence electrons. The summed E-state index contributed by atoms with van der Waals surface area (Å²) < 4.78 is 9.56. The molecule has 4 unspecified atom stereocenters. The Morgan fingerprint density at radius 1 is 1.31 bits per heavy atom. The summed E-state index contributed by atoms with van der Waals surface area (Å²) in [5, 5.41) is 9.89. The van der Waals surface area contributed by atoms with Gasteiger partial charge >= 0.3 is 11.9 Å². The molecule has 2 saturated heterocycles. The highest BCUT2D eigenvalue weighted by atomic mass is 16.6. The van der Waals surface area contributed by atoms with Gasteiger partial charge < -0.3 is 14.6 Å². The van der Waals surface area contributed by atoms with E-state index in [4.69, 9.17) is 9.47 Å². The lowest BCUT2D eigenvalue weighted by Crippen LogP contribution is -2.46. The molecule has 2 aliphatic rings. The molecular weight excluding hydrogens is 176 g/mol. The van der Waals surface area contributed by atoms with E-state index in [1.807, 2.05) is 0 Å². The summed E-state index contributed by atoms with van der Waals surface area (Å²) in [4.78, 5) is 22.5. The molecule has 0 aromatic rings. The van der Waals surface area contributed by atoms with Crippen molar-refractivity contribution in [1.29, 1.82) is 0 Å². The number of hydrogen-bond donors (Lipinski definition) is 1. The Bertz CT molecular complexity index is 286. The van der Waals surface area contributed by atoms with E-state index in [1.165, 1.54) is 6.92 Å². The van der Waals surface area contributed by atoms with E-state index in [0.717, 1.165) is 0 Å². The Kier molecular flexibility index (Phi) is 1.46. The summed E-state index contributed by atoms with van der Waals surface area (Å²) in [6, 6.07) is 0. The zero-order chi connectivity index (χ0) is 9.80. The van der Waals surface area contributed by atoms with Crippen molar-refractivity contribution in [3.8, 4) is 0 Å². The van der Waals surface area contributed by atoms with Gasteiger partial charge in [-0.3, -0.25) is 4.79 Å². The monoisotopic (exact) mass is 186 g/mol. The van der Waals surface area contributed by atoms with Gasteiger partial charge in [0.15, 0.2) is 0 Å². The highest BCUT2D eigenvalue weighted by molar-refractivity contribution is 5.94. The van der Waals surface area contributed by atoms with E-state index in [-0.39, 0.29) is 0 Å². The minimum Gasteiger partial charge on any atom is -0.459 e. The second-order valence-corrected chi connectivity index (χ2v) is 3.49. The minimum absolute atomic E-state index is 0.562. The van der Waals surface area contributed by atoms with Crippen LogP contribution < -0.4 is 0 Å². The van der Waals surface area contributed by atoms with Gasteiger partial charge in [-0.05, 0) is 13.8 Å². The number of fused-ring (bicyclic) bond motifs is 1. The van der Waals surface area contributed by atoms with Crippen molar-refractivity contribution in [3.05, 3.63) is 0 Å². The molecule has 4 atom stereocenters. The van der Waals surface area contributed by atoms with Crippen LogP contribution in [0.25, 0.3) is 0 Å². The van der Waals surface area contributed by atoms with Crippen LogP contribution in [-0.4, -0.2) is 34.9 Å². The number of rotatable bonds is 0. The molecule has 2 aliphatic heterocycles. The first-order chi connectivity index (χ1) is 5.98. The molecule has 0 spiro atoms. The number of cyclic esters (lactones) is 2. The number of aliphatic hydroxyl groups is 1. The fraction of sp³-hybridized carbons (Fsp3) is 0.750. The normalized spacial score (nSPS) is 48.7. The number of carbonyl (C=O) groups excluding carboxylic acids is 2. The average Bonchev–Trinajstić information content (AvgIpc) is 2.36. The van der Waals surface area contributed by atoms with E-state index in [2.05, 4.69) is 0 Å². The van der Waals surface area contributed by atoms with Crippen LogP contribution in [0, 0.1) is 5.92 Å². The van der Waals surface area contributed by atoms with Gasteiger partial charge in [0.25, 0.3) is 0 Å². The predicted octanol–water partition coefficient (Wildman–Crippen LogP) is -0.776. The van der Waals surface area contributed by atoms with Crippen LogP contribution in [0.2, 0.25) is 0 Å². The van der Waals surface area contributed by atoms with Gasteiger partial charge in [0.05, 0.1) is 0 Å². The van der Waals surface area contributed by atoms with E-state index in [1.54, 1.807) is 6.92 Å². The third-order valence-corrected chi connectivity index (χ3v) is 2.73. The predicted molar refractivity (Wildman–Crippen MR) is 39.5 cm³/mol. The molecule has 0 amide bonds. The zero-order valence-electron chi connectivity index (χ0n) is 7.31. The largest absolute Gasteiger partial charge is 0.459 e. The van der Waals surface area contributed by atoms with E-state index in [9.17, 15) is 14.7 Å². The van der Waals surface area contributed by atoms with Crippen molar-refractivity contribution in [2.75, 3.05) is 0 Å². The Morgan fingerprint density at radius 2 is 1.92 bits per heavy atom. The highest BCUT2D eigenvalue weighted by Crippen LogP contribution is 2.41. The molecule has 0 aromatic heterocycles. The van der Waals surface area contributed by atoms with E-state index >= 15 is 0 Å². The maximum Gasteiger partial charge on any atom is 0.343 e. The van der Waals surface area contributed by atoms with Crippen molar-refractivity contribution < 1.29 is 24.2 Å². The summed E-state index contributed by atoms with van der Waals surface area (Å²) in [5.74, 6) is -2.19. The van der Waals surface area contributed by atoms with E-state index in [0.29, 0.717) is 0 Å². The highest BCUT2D eigenvalue weighted by Gasteiger charge is 2.67. The van der Waals surface area contributed by atoms with Gasteiger partial charge in [-0.2, -0.15) is 0 Å². The number of carbonyl (C=O) groups is 2. The third kappa shape index (κ3) is 0.798. The summed E-state index contributed by atoms with van der Waals surface area (Å²) in [6.07, 6.45) is -1.42. The van der Waals surface area contributed by atoms with Crippen molar-refractivity contribution in [1.82, 2.24) is 0 Å². The first kappa shape index (κ1) is 8.50. The Labute approximate surface area is 74.6 Å². The van der Waals surface area contributed by atoms with Gasteiger partial charge in [-0.1, -0.05) is 0 Å². The lowest BCUT2D eigenvalue weighted by atomic mass is 9.85. The van der Waals surface area contributed by atoms with Crippen LogP contribution >= 0.6 is 0 Å². The molecule has 5 nitrogen and oxygen atoms in total. The Morgan fingerprint density at radius 3 is 2.46 bits per heavy atom. The number of esters is 2. The van der Waals surface area contributed by atoms with Crippen LogP contribution in [0.3, 0.4) is 0 Å². The quantitative estimate of drug-likeness (QED) is 0.502. The smallest absolute Gasteiger partial charge is 0.343 e. The maximum absolute atomic E-state index is 11.2. The van der Waals surface area contributed by atoms with Gasteiger partial charge in [0.1, 0.15) is 18.1 Å². The molecular formula is C8H10O5. The van der Waals surface area contributed by atoms with Gasteiger partial charge in [-0.15, -0.1) is 0 Å². The average molecular weight is 186 g/mol. The van der Waals surface area contributed by atoms with Crippen LogP contribution in [0.5, 0.6) is 0 Å². The second kappa shape index (κ2) is 2.23. The summed E-state index contributed by atoms with van der Waals surface area (Å²) >= 11 is 0. The molecule has 0 bridgehead atoms. The first-order valence-corrected chi connectivity index (χ1v) is 4.12. The SMILES string of the molecule is CC1OC(=O)C2(O)C(C)OC(=O)C12. The Balaban J connectivity index is 2.46. The molecule has 2 fully saturated rings. The number of ether oxygens (including phenoxy) is 2. The first-order valence-electron chi connectivity index (χ1n) is 4.12. The van der Waals surface area contributed by atoms with Crippen LogP contribution in [0.15, 0.2) is 0 Å². The summed E-state index contributed by atoms with van der Waals surface area (Å²) in [6.45, 7) is 3.05. The minimum atomic E-state index is -1.77. The third-order valence-electron chi connectivity index (χ3n) is 2.73.